The van der Waals surface area contributed by atoms with Crippen LogP contribution in [0.4, 0.5) is 5.69 Å². The van der Waals surface area contributed by atoms with Crippen LogP contribution in [0.15, 0.2) is 59.7 Å². The van der Waals surface area contributed by atoms with Gasteiger partial charge in [0.1, 0.15) is 5.69 Å². The number of carbonyl (C=O) groups excluding carboxylic acids is 2. The number of anilines is 1. The van der Waals surface area contributed by atoms with Gasteiger partial charge in [0.15, 0.2) is 6.10 Å². The van der Waals surface area contributed by atoms with Crippen molar-refractivity contribution in [2.75, 3.05) is 5.32 Å². The molecule has 28 heavy (non-hydrogen) atoms. The molecule has 0 aliphatic rings. The zero-order chi connectivity index (χ0) is 20.3. The van der Waals surface area contributed by atoms with Crippen molar-refractivity contribution >= 4 is 17.6 Å². The molecular weight excluding hydrogens is 360 g/mol. The lowest BCUT2D eigenvalue weighted by Crippen LogP contribution is -2.32. The van der Waals surface area contributed by atoms with E-state index < -0.39 is 18.0 Å². The van der Waals surface area contributed by atoms with Crippen molar-refractivity contribution in [1.82, 2.24) is 14.3 Å². The molecule has 3 rings (SSSR count). The van der Waals surface area contributed by atoms with Crippen LogP contribution in [0, 0.1) is 6.92 Å². The number of hydrogen-bond acceptors (Lipinski definition) is 5. The number of esters is 1. The largest absolute Gasteiger partial charge is 0.449 e. The Labute approximate surface area is 161 Å². The Kier molecular flexibility index (Phi) is 5.39. The van der Waals surface area contributed by atoms with Crippen LogP contribution in [0.1, 0.15) is 23.0 Å². The van der Waals surface area contributed by atoms with E-state index in [1.165, 1.54) is 24.0 Å². The van der Waals surface area contributed by atoms with Crippen molar-refractivity contribution in [3.63, 3.8) is 0 Å². The molecule has 1 N–H and O–H groups in total. The summed E-state index contributed by atoms with van der Waals surface area (Å²) in [5.74, 6) is -1.26. The molecule has 3 aromatic rings. The van der Waals surface area contributed by atoms with Gasteiger partial charge in [-0.2, -0.15) is 0 Å². The van der Waals surface area contributed by atoms with Gasteiger partial charge in [0.2, 0.25) is 0 Å². The Hall–Kier alpha value is -3.68. The van der Waals surface area contributed by atoms with Crippen LogP contribution < -0.4 is 10.9 Å². The third-order valence-corrected chi connectivity index (χ3v) is 4.35. The van der Waals surface area contributed by atoms with E-state index in [9.17, 15) is 14.4 Å². The van der Waals surface area contributed by atoms with Gasteiger partial charge in [-0.25, -0.2) is 9.48 Å². The van der Waals surface area contributed by atoms with Crippen LogP contribution in [0.2, 0.25) is 0 Å². The van der Waals surface area contributed by atoms with E-state index in [2.05, 4.69) is 10.3 Å². The summed E-state index contributed by atoms with van der Waals surface area (Å²) in [6.45, 7) is 3.17. The number of pyridine rings is 1. The minimum Gasteiger partial charge on any atom is -0.449 e. The lowest BCUT2D eigenvalue weighted by atomic mass is 10.3. The summed E-state index contributed by atoms with van der Waals surface area (Å²) in [5.41, 5.74) is 1.26. The number of hydrogen-bond donors (Lipinski definition) is 1. The zero-order valence-corrected chi connectivity index (χ0v) is 15.7. The van der Waals surface area contributed by atoms with Gasteiger partial charge in [-0.3, -0.25) is 19.3 Å². The Bertz CT molecular complexity index is 1060. The molecule has 0 saturated heterocycles. The molecule has 8 nitrogen and oxygen atoms in total. The first-order chi connectivity index (χ1) is 13.4. The number of nitrogens with zero attached hydrogens (tertiary/aromatic N) is 3. The van der Waals surface area contributed by atoms with E-state index in [1.807, 2.05) is 18.2 Å². The van der Waals surface area contributed by atoms with Crippen LogP contribution in [0.3, 0.4) is 0 Å². The number of rotatable bonds is 5. The molecule has 0 aliphatic carbocycles. The Morgan fingerprint density at radius 3 is 2.50 bits per heavy atom. The number of carbonyl (C=O) groups is 2. The molecule has 1 amide bonds. The standard InChI is InChI=1S/C20H20N4O4/c1-13-17(19(26)24(23(13)3)16-9-5-4-6-10-16)22-18(25)14(2)28-20(27)15-8-7-11-21-12-15/h4-12,14H,1-3H3,(H,22,25)/t14-/m0/s1. The fourth-order valence-corrected chi connectivity index (χ4v) is 2.70. The average molecular weight is 380 g/mol. The minimum absolute atomic E-state index is 0.139. The highest BCUT2D eigenvalue weighted by atomic mass is 16.5. The SMILES string of the molecule is Cc1c(NC(=O)[C@H](C)OC(=O)c2cccnc2)c(=O)n(-c2ccccc2)n1C. The van der Waals surface area contributed by atoms with E-state index in [4.69, 9.17) is 4.74 Å². The normalized spacial score (nSPS) is 11.7. The first-order valence-corrected chi connectivity index (χ1v) is 8.66. The van der Waals surface area contributed by atoms with Crippen molar-refractivity contribution in [2.24, 2.45) is 7.05 Å². The highest BCUT2D eigenvalue weighted by Gasteiger charge is 2.23. The molecule has 8 heteroatoms. The number of benzene rings is 1. The monoisotopic (exact) mass is 380 g/mol. The highest BCUT2D eigenvalue weighted by Crippen LogP contribution is 2.14. The topological polar surface area (TPSA) is 95.2 Å². The zero-order valence-electron chi connectivity index (χ0n) is 15.7. The second-order valence-electron chi connectivity index (χ2n) is 6.22. The fourth-order valence-electron chi connectivity index (χ4n) is 2.70. The molecule has 0 saturated carbocycles. The number of amides is 1. The lowest BCUT2D eigenvalue weighted by molar-refractivity contribution is -0.123. The van der Waals surface area contributed by atoms with Gasteiger partial charge >= 0.3 is 5.97 Å². The van der Waals surface area contributed by atoms with Gasteiger partial charge in [-0.15, -0.1) is 0 Å². The molecule has 0 unspecified atom stereocenters. The van der Waals surface area contributed by atoms with Gasteiger partial charge in [0.05, 0.1) is 16.9 Å². The van der Waals surface area contributed by atoms with Crippen molar-refractivity contribution in [3.8, 4) is 5.69 Å². The third-order valence-electron chi connectivity index (χ3n) is 4.35. The lowest BCUT2D eigenvalue weighted by Gasteiger charge is -2.12. The molecule has 1 aromatic carbocycles. The fraction of sp³-hybridized carbons (Fsp3) is 0.200. The molecule has 1 atom stereocenters. The summed E-state index contributed by atoms with van der Waals surface area (Å²) in [6.07, 6.45) is 1.80. The van der Waals surface area contributed by atoms with Crippen LogP contribution in [0.5, 0.6) is 0 Å². The Morgan fingerprint density at radius 1 is 1.14 bits per heavy atom. The predicted molar refractivity (Wildman–Crippen MR) is 103 cm³/mol. The molecule has 0 spiro atoms. The Morgan fingerprint density at radius 2 is 1.86 bits per heavy atom. The van der Waals surface area contributed by atoms with Crippen LogP contribution in [-0.2, 0) is 16.6 Å². The van der Waals surface area contributed by atoms with Gasteiger partial charge < -0.3 is 10.1 Å². The van der Waals surface area contributed by atoms with Crippen LogP contribution in [-0.4, -0.2) is 32.3 Å². The van der Waals surface area contributed by atoms with Crippen LogP contribution in [0.25, 0.3) is 5.69 Å². The molecule has 0 fully saturated rings. The molecule has 144 valence electrons. The van der Waals surface area contributed by atoms with Crippen molar-refractivity contribution in [1.29, 1.82) is 0 Å². The summed E-state index contributed by atoms with van der Waals surface area (Å²) in [4.78, 5) is 41.2. The summed E-state index contributed by atoms with van der Waals surface area (Å²) in [7, 11) is 1.73. The van der Waals surface area contributed by atoms with E-state index in [1.54, 1.807) is 42.9 Å². The van der Waals surface area contributed by atoms with Crippen LogP contribution >= 0.6 is 0 Å². The quantitative estimate of drug-likeness (QED) is 0.684. The maximum atomic E-state index is 12.8. The van der Waals surface area contributed by atoms with E-state index in [-0.39, 0.29) is 16.8 Å². The molecule has 2 heterocycles. The number of ether oxygens (including phenoxy) is 1. The molecule has 0 radical (unpaired) electrons. The summed E-state index contributed by atoms with van der Waals surface area (Å²) in [5, 5.41) is 2.58. The van der Waals surface area contributed by atoms with Crippen molar-refractivity contribution in [3.05, 3.63) is 76.5 Å². The highest BCUT2D eigenvalue weighted by molar-refractivity contribution is 5.97. The second kappa shape index (κ2) is 7.91. The first-order valence-electron chi connectivity index (χ1n) is 8.66. The molecule has 0 bridgehead atoms. The Balaban J connectivity index is 1.79. The van der Waals surface area contributed by atoms with Crippen molar-refractivity contribution < 1.29 is 14.3 Å². The van der Waals surface area contributed by atoms with Gasteiger partial charge in [-0.1, -0.05) is 18.2 Å². The summed E-state index contributed by atoms with van der Waals surface area (Å²) < 4.78 is 8.27. The predicted octanol–water partition coefficient (Wildman–Crippen LogP) is 2.06. The number of nitrogens with one attached hydrogen (secondary N) is 1. The maximum Gasteiger partial charge on any atom is 0.340 e. The molecule has 0 aliphatic heterocycles. The molecule has 2 aromatic heterocycles. The molecular formula is C20H20N4O4. The van der Waals surface area contributed by atoms with Crippen molar-refractivity contribution in [2.45, 2.75) is 20.0 Å². The second-order valence-corrected chi connectivity index (χ2v) is 6.22. The summed E-state index contributed by atoms with van der Waals surface area (Å²) >= 11 is 0. The van der Waals surface area contributed by atoms with Gasteiger partial charge in [0.25, 0.3) is 11.5 Å². The van der Waals surface area contributed by atoms with Gasteiger partial charge in [0, 0.05) is 19.4 Å². The van der Waals surface area contributed by atoms with E-state index in [0.29, 0.717) is 11.4 Å². The third kappa shape index (κ3) is 3.71. The minimum atomic E-state index is -1.09. The average Bonchev–Trinajstić information content (AvgIpc) is 2.92. The first kappa shape index (κ1) is 19.1. The smallest absolute Gasteiger partial charge is 0.340 e. The number of para-hydroxylation sites is 1. The summed E-state index contributed by atoms with van der Waals surface area (Å²) in [6, 6.07) is 12.2. The van der Waals surface area contributed by atoms with E-state index >= 15 is 0 Å². The van der Waals surface area contributed by atoms with Gasteiger partial charge in [-0.05, 0) is 38.1 Å². The van der Waals surface area contributed by atoms with E-state index in [0.717, 1.165) is 0 Å². The maximum absolute atomic E-state index is 12.8. The number of aromatic nitrogens is 3.